The molecule has 142 valence electrons. The highest BCUT2D eigenvalue weighted by Crippen LogP contribution is 2.28. The predicted molar refractivity (Wildman–Crippen MR) is 119 cm³/mol. The molecular weight excluding hydrogens is 382 g/mol. The monoisotopic (exact) mass is 399 g/mol. The van der Waals surface area contributed by atoms with Crippen molar-refractivity contribution in [3.63, 3.8) is 0 Å². The average molecular weight is 399 g/mol. The molecule has 2 aliphatic heterocycles. The third-order valence-corrected chi connectivity index (χ3v) is 5.83. The largest absolute Gasteiger partial charge is 0.318 e. The van der Waals surface area contributed by atoms with Crippen molar-refractivity contribution in [2.45, 2.75) is 13.8 Å². The quantitative estimate of drug-likeness (QED) is 0.645. The standard InChI is InChI=1S/C22H17N5OS/c1-13-9-17(11-19-20(23)27-22(25-21(19)28)29-12-24-27)14(2)26(13)18-8-7-15-5-3-4-6-16(15)10-18/h3-12,23H,1-2H3. The van der Waals surface area contributed by atoms with Gasteiger partial charge in [-0.15, -0.1) is 0 Å². The number of aliphatic imine (C=N–C) groups is 1. The van der Waals surface area contributed by atoms with Gasteiger partial charge in [0.2, 0.25) is 0 Å². The number of aryl methyl sites for hydroxylation is 1. The number of rotatable bonds is 2. The van der Waals surface area contributed by atoms with E-state index in [1.165, 1.54) is 27.5 Å². The summed E-state index contributed by atoms with van der Waals surface area (Å²) in [5, 5.41) is 16.7. The van der Waals surface area contributed by atoms with Gasteiger partial charge in [0.1, 0.15) is 0 Å². The summed E-state index contributed by atoms with van der Waals surface area (Å²) in [7, 11) is 0. The molecule has 3 aromatic rings. The number of aromatic nitrogens is 1. The van der Waals surface area contributed by atoms with Crippen molar-refractivity contribution in [1.29, 1.82) is 5.41 Å². The second kappa shape index (κ2) is 6.56. The molecule has 7 heteroatoms. The van der Waals surface area contributed by atoms with Crippen LogP contribution in [0.3, 0.4) is 0 Å². The lowest BCUT2D eigenvalue weighted by Crippen LogP contribution is -2.35. The lowest BCUT2D eigenvalue weighted by molar-refractivity contribution is -0.114. The second-order valence-corrected chi connectivity index (χ2v) is 7.76. The van der Waals surface area contributed by atoms with E-state index in [0.717, 1.165) is 22.6 Å². The Kier molecular flexibility index (Phi) is 3.99. The third kappa shape index (κ3) is 2.82. The first kappa shape index (κ1) is 17.6. The van der Waals surface area contributed by atoms with Crippen LogP contribution >= 0.6 is 11.8 Å². The molecule has 0 atom stereocenters. The van der Waals surface area contributed by atoms with E-state index in [9.17, 15) is 4.79 Å². The van der Waals surface area contributed by atoms with Crippen molar-refractivity contribution in [3.05, 3.63) is 71.1 Å². The number of thioether (sulfide) groups is 1. The number of amides is 1. The number of amidine groups is 2. The highest BCUT2D eigenvalue weighted by molar-refractivity contribution is 8.25. The zero-order valence-electron chi connectivity index (χ0n) is 15.9. The summed E-state index contributed by atoms with van der Waals surface area (Å²) in [6.07, 6.45) is 1.74. The smallest absolute Gasteiger partial charge is 0.283 e. The Bertz CT molecular complexity index is 1300. The number of benzene rings is 2. The molecule has 0 radical (unpaired) electrons. The molecule has 3 heterocycles. The van der Waals surface area contributed by atoms with Gasteiger partial charge < -0.3 is 4.57 Å². The fourth-order valence-electron chi connectivity index (χ4n) is 3.74. The average Bonchev–Trinajstić information content (AvgIpc) is 3.29. The van der Waals surface area contributed by atoms with Crippen molar-refractivity contribution >= 4 is 51.1 Å². The second-order valence-electron chi connectivity index (χ2n) is 6.95. The number of nitrogens with one attached hydrogen (secondary N) is 1. The van der Waals surface area contributed by atoms with Gasteiger partial charge in [-0.05, 0) is 66.2 Å². The summed E-state index contributed by atoms with van der Waals surface area (Å²) in [4.78, 5) is 16.5. The van der Waals surface area contributed by atoms with E-state index < -0.39 is 5.91 Å². The number of hydrogen-bond acceptors (Lipinski definition) is 4. The summed E-state index contributed by atoms with van der Waals surface area (Å²) in [6, 6.07) is 16.7. The van der Waals surface area contributed by atoms with E-state index in [0.29, 0.717) is 5.17 Å². The molecule has 0 fully saturated rings. The highest BCUT2D eigenvalue weighted by atomic mass is 32.2. The molecule has 0 bridgehead atoms. The van der Waals surface area contributed by atoms with Gasteiger partial charge in [-0.1, -0.05) is 30.3 Å². The van der Waals surface area contributed by atoms with Crippen molar-refractivity contribution in [2.75, 3.05) is 0 Å². The first-order valence-electron chi connectivity index (χ1n) is 9.14. The van der Waals surface area contributed by atoms with Gasteiger partial charge >= 0.3 is 0 Å². The number of fused-ring (bicyclic) bond motifs is 2. The van der Waals surface area contributed by atoms with Gasteiger partial charge in [0.05, 0.1) is 11.1 Å². The molecule has 6 nitrogen and oxygen atoms in total. The predicted octanol–water partition coefficient (Wildman–Crippen LogP) is 4.50. The fourth-order valence-corrected chi connectivity index (χ4v) is 4.35. The van der Waals surface area contributed by atoms with E-state index in [2.05, 4.69) is 45.0 Å². The number of carbonyl (C=O) groups is 1. The van der Waals surface area contributed by atoms with Gasteiger partial charge in [-0.25, -0.2) is 0 Å². The Morgan fingerprint density at radius 1 is 1.07 bits per heavy atom. The van der Waals surface area contributed by atoms with Crippen LogP contribution in [0.4, 0.5) is 0 Å². The number of hydrazone groups is 1. The summed E-state index contributed by atoms with van der Waals surface area (Å²) in [6.45, 7) is 4.06. The van der Waals surface area contributed by atoms with Gasteiger partial charge in [-0.2, -0.15) is 15.1 Å². The van der Waals surface area contributed by atoms with Crippen LogP contribution in [0.15, 0.2) is 64.2 Å². The molecule has 1 N–H and O–H groups in total. The molecule has 0 saturated heterocycles. The fraction of sp³-hybridized carbons (Fsp3) is 0.0909. The van der Waals surface area contributed by atoms with Crippen LogP contribution in [0.2, 0.25) is 0 Å². The summed E-state index contributed by atoms with van der Waals surface area (Å²) in [5.41, 5.74) is 5.83. The Morgan fingerprint density at radius 2 is 1.86 bits per heavy atom. The minimum atomic E-state index is -0.408. The van der Waals surface area contributed by atoms with Gasteiger partial charge in [0.25, 0.3) is 5.91 Å². The molecule has 0 unspecified atom stereocenters. The maximum Gasteiger partial charge on any atom is 0.283 e. The first-order chi connectivity index (χ1) is 14.0. The Balaban J connectivity index is 1.59. The molecule has 1 aromatic heterocycles. The van der Waals surface area contributed by atoms with E-state index in [1.54, 1.807) is 11.6 Å². The van der Waals surface area contributed by atoms with E-state index >= 15 is 0 Å². The molecule has 0 saturated carbocycles. The SMILES string of the molecule is Cc1cc(C=C2C(=N)N3N=CSC3=NC2=O)c(C)n1-c1ccc2ccccc2c1. The molecule has 2 aromatic carbocycles. The lowest BCUT2D eigenvalue weighted by atomic mass is 10.1. The van der Waals surface area contributed by atoms with Crippen LogP contribution in [-0.4, -0.2) is 32.0 Å². The van der Waals surface area contributed by atoms with E-state index in [-0.39, 0.29) is 11.4 Å². The molecule has 5 rings (SSSR count). The summed E-state index contributed by atoms with van der Waals surface area (Å²) in [5.74, 6) is -0.355. The van der Waals surface area contributed by atoms with Crippen molar-refractivity contribution in [1.82, 2.24) is 9.58 Å². The van der Waals surface area contributed by atoms with Gasteiger partial charge in [-0.3, -0.25) is 10.2 Å². The highest BCUT2D eigenvalue weighted by Gasteiger charge is 2.32. The van der Waals surface area contributed by atoms with Crippen molar-refractivity contribution in [2.24, 2.45) is 10.1 Å². The van der Waals surface area contributed by atoms with E-state index in [4.69, 9.17) is 5.41 Å². The zero-order valence-corrected chi connectivity index (χ0v) is 16.7. The minimum Gasteiger partial charge on any atom is -0.318 e. The molecule has 29 heavy (non-hydrogen) atoms. The van der Waals surface area contributed by atoms with Crippen LogP contribution < -0.4 is 0 Å². The Morgan fingerprint density at radius 3 is 2.69 bits per heavy atom. The van der Waals surface area contributed by atoms with Crippen LogP contribution in [0, 0.1) is 19.3 Å². The van der Waals surface area contributed by atoms with Crippen LogP contribution in [0.1, 0.15) is 17.0 Å². The van der Waals surface area contributed by atoms with E-state index in [1.807, 2.05) is 32.0 Å². The maximum atomic E-state index is 12.5. The molecule has 2 aliphatic rings. The lowest BCUT2D eigenvalue weighted by Gasteiger charge is -2.20. The number of hydrogen-bond donors (Lipinski definition) is 1. The van der Waals surface area contributed by atoms with Gasteiger partial charge in [0, 0.05) is 17.1 Å². The van der Waals surface area contributed by atoms with Crippen molar-refractivity contribution in [3.8, 4) is 5.69 Å². The summed E-state index contributed by atoms with van der Waals surface area (Å²) < 4.78 is 2.16. The zero-order chi connectivity index (χ0) is 20.1. The maximum absolute atomic E-state index is 12.5. The first-order valence-corrected chi connectivity index (χ1v) is 10.0. The van der Waals surface area contributed by atoms with Crippen LogP contribution in [0.5, 0.6) is 0 Å². The topological polar surface area (TPSA) is 73.8 Å². The molecule has 0 aliphatic carbocycles. The molecule has 0 spiro atoms. The van der Waals surface area contributed by atoms with Gasteiger partial charge in [0.15, 0.2) is 11.0 Å². The summed E-state index contributed by atoms with van der Waals surface area (Å²) >= 11 is 1.24. The molecular formula is C22H17N5OS. The Labute approximate surface area is 171 Å². The van der Waals surface area contributed by atoms with Crippen LogP contribution in [-0.2, 0) is 4.79 Å². The Hall–Kier alpha value is -3.45. The minimum absolute atomic E-state index is 0.0526. The normalized spacial score (nSPS) is 17.4. The number of nitrogens with zero attached hydrogens (tertiary/aromatic N) is 4. The van der Waals surface area contributed by atoms with Crippen molar-refractivity contribution < 1.29 is 4.79 Å². The van der Waals surface area contributed by atoms with Crippen LogP contribution in [0.25, 0.3) is 22.5 Å². The molecule has 1 amide bonds. The third-order valence-electron chi connectivity index (χ3n) is 5.16. The number of carbonyl (C=O) groups excluding carboxylic acids is 1.